The molecular formula is C16H13N3O2. The summed E-state index contributed by atoms with van der Waals surface area (Å²) in [5.41, 5.74) is 1.47. The molecule has 104 valence electrons. The van der Waals surface area contributed by atoms with E-state index in [1.165, 1.54) is 6.20 Å². The normalized spacial score (nSPS) is 10.5. The summed E-state index contributed by atoms with van der Waals surface area (Å²) in [7, 11) is 0. The molecule has 5 heteroatoms. The highest BCUT2D eigenvalue weighted by molar-refractivity contribution is 6.05. The van der Waals surface area contributed by atoms with E-state index in [9.17, 15) is 9.59 Å². The number of para-hydroxylation sites is 1. The maximum atomic E-state index is 12.3. The smallest absolute Gasteiger partial charge is 0.262 e. The van der Waals surface area contributed by atoms with Gasteiger partial charge in [0.2, 0.25) is 5.43 Å². The number of aromatic amines is 1. The summed E-state index contributed by atoms with van der Waals surface area (Å²) in [6.45, 7) is 1.91. The molecule has 2 N–H and O–H groups in total. The van der Waals surface area contributed by atoms with Gasteiger partial charge in [0.1, 0.15) is 11.4 Å². The summed E-state index contributed by atoms with van der Waals surface area (Å²) in [6, 6.07) is 10.6. The van der Waals surface area contributed by atoms with E-state index in [1.54, 1.807) is 30.5 Å². The van der Waals surface area contributed by atoms with Gasteiger partial charge in [-0.05, 0) is 30.7 Å². The molecule has 2 heterocycles. The molecule has 21 heavy (non-hydrogen) atoms. The second kappa shape index (κ2) is 5.20. The molecule has 1 aromatic carbocycles. The molecule has 0 aliphatic rings. The molecule has 3 rings (SSSR count). The quantitative estimate of drug-likeness (QED) is 0.756. The Hall–Kier alpha value is -2.95. The Kier molecular flexibility index (Phi) is 3.23. The van der Waals surface area contributed by atoms with Crippen LogP contribution in [0, 0.1) is 6.92 Å². The number of anilines is 1. The van der Waals surface area contributed by atoms with E-state index in [0.29, 0.717) is 16.7 Å². The van der Waals surface area contributed by atoms with Crippen LogP contribution < -0.4 is 10.7 Å². The first-order valence-electron chi connectivity index (χ1n) is 6.49. The number of carbonyl (C=O) groups excluding carboxylic acids is 1. The van der Waals surface area contributed by atoms with Crippen LogP contribution in [-0.2, 0) is 0 Å². The van der Waals surface area contributed by atoms with Crippen LogP contribution in [-0.4, -0.2) is 15.9 Å². The van der Waals surface area contributed by atoms with Crippen molar-refractivity contribution in [1.29, 1.82) is 0 Å². The van der Waals surface area contributed by atoms with Crippen LogP contribution in [0.5, 0.6) is 0 Å². The Morgan fingerprint density at radius 2 is 2.00 bits per heavy atom. The average molecular weight is 279 g/mol. The second-order valence-electron chi connectivity index (χ2n) is 4.75. The van der Waals surface area contributed by atoms with Gasteiger partial charge < -0.3 is 10.3 Å². The molecule has 2 aromatic heterocycles. The van der Waals surface area contributed by atoms with E-state index in [4.69, 9.17) is 0 Å². The third-order valence-corrected chi connectivity index (χ3v) is 3.19. The van der Waals surface area contributed by atoms with Crippen molar-refractivity contribution >= 4 is 22.6 Å². The van der Waals surface area contributed by atoms with Crippen LogP contribution in [0.3, 0.4) is 0 Å². The minimum atomic E-state index is -0.474. The van der Waals surface area contributed by atoms with Crippen molar-refractivity contribution in [3.63, 3.8) is 0 Å². The number of H-pyrrole nitrogens is 1. The molecule has 0 saturated carbocycles. The van der Waals surface area contributed by atoms with Crippen LogP contribution >= 0.6 is 0 Å². The SMILES string of the molecule is Cc1ccc(NC(=O)c2c[nH]c3ccccc3c2=O)nc1. The van der Waals surface area contributed by atoms with Crippen LogP contribution in [0.4, 0.5) is 5.82 Å². The number of benzene rings is 1. The van der Waals surface area contributed by atoms with Crippen LogP contribution in [0.1, 0.15) is 15.9 Å². The standard InChI is InChI=1S/C16H13N3O2/c1-10-6-7-14(18-8-10)19-16(21)12-9-17-13-5-3-2-4-11(13)15(12)20/h2-9H,1H3,(H,17,20)(H,18,19,21). The van der Waals surface area contributed by atoms with Crippen molar-refractivity contribution in [2.45, 2.75) is 6.92 Å². The van der Waals surface area contributed by atoms with Gasteiger partial charge in [-0.15, -0.1) is 0 Å². The van der Waals surface area contributed by atoms with Gasteiger partial charge in [-0.1, -0.05) is 18.2 Å². The third-order valence-electron chi connectivity index (χ3n) is 3.19. The van der Waals surface area contributed by atoms with Gasteiger partial charge in [0, 0.05) is 23.3 Å². The van der Waals surface area contributed by atoms with Crippen molar-refractivity contribution in [2.24, 2.45) is 0 Å². The lowest BCUT2D eigenvalue weighted by atomic mass is 10.1. The molecule has 0 saturated heterocycles. The fraction of sp³-hybridized carbons (Fsp3) is 0.0625. The minimum absolute atomic E-state index is 0.0658. The maximum absolute atomic E-state index is 12.3. The number of carbonyl (C=O) groups is 1. The molecule has 5 nitrogen and oxygen atoms in total. The van der Waals surface area contributed by atoms with Crippen LogP contribution in [0.2, 0.25) is 0 Å². The first kappa shape index (κ1) is 13.1. The lowest BCUT2D eigenvalue weighted by Gasteiger charge is -2.05. The van der Waals surface area contributed by atoms with Gasteiger partial charge in [0.15, 0.2) is 0 Å². The van der Waals surface area contributed by atoms with Crippen molar-refractivity contribution in [3.8, 4) is 0 Å². The number of fused-ring (bicyclic) bond motifs is 1. The molecule has 0 radical (unpaired) electrons. The number of nitrogens with one attached hydrogen (secondary N) is 2. The third kappa shape index (κ3) is 2.53. The maximum Gasteiger partial charge on any atom is 0.262 e. The lowest BCUT2D eigenvalue weighted by molar-refractivity contribution is 0.102. The summed E-state index contributed by atoms with van der Waals surface area (Å²) in [4.78, 5) is 31.6. The zero-order valence-electron chi connectivity index (χ0n) is 11.4. The first-order valence-corrected chi connectivity index (χ1v) is 6.49. The average Bonchev–Trinajstić information content (AvgIpc) is 2.50. The van der Waals surface area contributed by atoms with Crippen LogP contribution in [0.25, 0.3) is 10.9 Å². The Balaban J connectivity index is 1.96. The monoisotopic (exact) mass is 279 g/mol. The molecular weight excluding hydrogens is 266 g/mol. The van der Waals surface area contributed by atoms with E-state index in [1.807, 2.05) is 19.1 Å². The van der Waals surface area contributed by atoms with Crippen molar-refractivity contribution in [2.75, 3.05) is 5.32 Å². The van der Waals surface area contributed by atoms with Gasteiger partial charge in [-0.25, -0.2) is 4.98 Å². The Morgan fingerprint density at radius 1 is 1.19 bits per heavy atom. The Labute approximate surface area is 120 Å². The van der Waals surface area contributed by atoms with Gasteiger partial charge in [-0.3, -0.25) is 9.59 Å². The van der Waals surface area contributed by atoms with Gasteiger partial charge in [0.05, 0.1) is 0 Å². The lowest BCUT2D eigenvalue weighted by Crippen LogP contribution is -2.22. The summed E-state index contributed by atoms with van der Waals surface area (Å²) in [6.07, 6.45) is 3.08. The zero-order valence-corrected chi connectivity index (χ0v) is 11.4. The topological polar surface area (TPSA) is 74.8 Å². The summed E-state index contributed by atoms with van der Waals surface area (Å²) in [5.74, 6) is -0.0588. The molecule has 3 aromatic rings. The molecule has 0 atom stereocenters. The number of rotatable bonds is 2. The number of nitrogens with zero attached hydrogens (tertiary/aromatic N) is 1. The Bertz CT molecular complexity index is 867. The molecule has 0 aliphatic carbocycles. The predicted molar refractivity (Wildman–Crippen MR) is 81.5 cm³/mol. The van der Waals surface area contributed by atoms with Gasteiger partial charge in [-0.2, -0.15) is 0 Å². The number of aromatic nitrogens is 2. The molecule has 0 unspecified atom stereocenters. The fourth-order valence-electron chi connectivity index (χ4n) is 2.06. The number of amides is 1. The minimum Gasteiger partial charge on any atom is -0.360 e. The highest BCUT2D eigenvalue weighted by Crippen LogP contribution is 2.09. The second-order valence-corrected chi connectivity index (χ2v) is 4.75. The number of pyridine rings is 2. The predicted octanol–water partition coefficient (Wildman–Crippen LogP) is 2.48. The first-order chi connectivity index (χ1) is 10.1. The summed E-state index contributed by atoms with van der Waals surface area (Å²) >= 11 is 0. The Morgan fingerprint density at radius 3 is 2.76 bits per heavy atom. The number of aryl methyl sites for hydroxylation is 1. The van der Waals surface area contributed by atoms with Crippen molar-refractivity contribution < 1.29 is 4.79 Å². The zero-order chi connectivity index (χ0) is 14.8. The highest BCUT2D eigenvalue weighted by Gasteiger charge is 2.13. The van der Waals surface area contributed by atoms with Crippen molar-refractivity contribution in [1.82, 2.24) is 9.97 Å². The number of hydrogen-bond donors (Lipinski definition) is 2. The summed E-state index contributed by atoms with van der Waals surface area (Å²) in [5, 5.41) is 3.11. The molecule has 0 spiro atoms. The van der Waals surface area contributed by atoms with Gasteiger partial charge >= 0.3 is 0 Å². The number of hydrogen-bond acceptors (Lipinski definition) is 3. The molecule has 1 amide bonds. The van der Waals surface area contributed by atoms with Crippen molar-refractivity contribution in [3.05, 3.63) is 70.1 Å². The van der Waals surface area contributed by atoms with E-state index in [0.717, 1.165) is 5.56 Å². The van der Waals surface area contributed by atoms with Crippen LogP contribution in [0.15, 0.2) is 53.6 Å². The fourth-order valence-corrected chi connectivity index (χ4v) is 2.06. The van der Waals surface area contributed by atoms with E-state index >= 15 is 0 Å². The molecule has 0 fully saturated rings. The molecule has 0 aliphatic heterocycles. The van der Waals surface area contributed by atoms with Gasteiger partial charge in [0.25, 0.3) is 5.91 Å². The highest BCUT2D eigenvalue weighted by atomic mass is 16.2. The molecule has 0 bridgehead atoms. The largest absolute Gasteiger partial charge is 0.360 e. The van der Waals surface area contributed by atoms with E-state index in [-0.39, 0.29) is 11.0 Å². The van der Waals surface area contributed by atoms with E-state index in [2.05, 4.69) is 15.3 Å². The van der Waals surface area contributed by atoms with E-state index < -0.39 is 5.91 Å². The summed E-state index contributed by atoms with van der Waals surface area (Å²) < 4.78 is 0.